The molecule has 1 aromatic carbocycles. The summed E-state index contributed by atoms with van der Waals surface area (Å²) in [5.41, 5.74) is 1.06. The molecular weight excluding hydrogens is 277 g/mol. The Balaban J connectivity index is 2.01. The summed E-state index contributed by atoms with van der Waals surface area (Å²) in [5, 5.41) is 12.4. The monoisotopic (exact) mass is 287 g/mol. The lowest BCUT2D eigenvalue weighted by molar-refractivity contribution is 0.0652. The molecule has 1 N–H and O–H groups in total. The van der Waals surface area contributed by atoms with Crippen molar-refractivity contribution in [2.45, 2.75) is 6.92 Å². The van der Waals surface area contributed by atoms with Crippen molar-refractivity contribution >= 4 is 5.97 Å². The first kappa shape index (κ1) is 13.0. The summed E-state index contributed by atoms with van der Waals surface area (Å²) in [7, 11) is 0. The SMILES string of the molecule is Cc1nccn1-c1ccc(-c2cc(C(=O)O)on2)cc1F. The number of carboxylic acid groups (broad SMARTS) is 1. The Morgan fingerprint density at radius 3 is 2.76 bits per heavy atom. The fourth-order valence-corrected chi connectivity index (χ4v) is 2.01. The Morgan fingerprint density at radius 2 is 2.19 bits per heavy atom. The summed E-state index contributed by atoms with van der Waals surface area (Å²) < 4.78 is 20.5. The van der Waals surface area contributed by atoms with E-state index in [2.05, 4.69) is 14.7 Å². The lowest BCUT2D eigenvalue weighted by Crippen LogP contribution is -1.99. The predicted octanol–water partition coefficient (Wildman–Crippen LogP) is 2.67. The first-order valence-corrected chi connectivity index (χ1v) is 6.06. The molecule has 0 bridgehead atoms. The molecule has 6 nitrogen and oxygen atoms in total. The Morgan fingerprint density at radius 1 is 1.38 bits per heavy atom. The molecule has 0 saturated carbocycles. The van der Waals surface area contributed by atoms with Crippen molar-refractivity contribution in [3.8, 4) is 16.9 Å². The lowest BCUT2D eigenvalue weighted by atomic mass is 10.1. The molecule has 0 atom stereocenters. The minimum absolute atomic E-state index is 0.264. The van der Waals surface area contributed by atoms with Gasteiger partial charge in [-0.1, -0.05) is 11.2 Å². The highest BCUT2D eigenvalue weighted by molar-refractivity contribution is 5.85. The van der Waals surface area contributed by atoms with E-state index in [0.717, 1.165) is 0 Å². The smallest absolute Gasteiger partial charge is 0.374 e. The van der Waals surface area contributed by atoms with E-state index in [9.17, 15) is 9.18 Å². The van der Waals surface area contributed by atoms with Crippen LogP contribution in [0.15, 0.2) is 41.2 Å². The summed E-state index contributed by atoms with van der Waals surface area (Å²) in [6.07, 6.45) is 3.24. The van der Waals surface area contributed by atoms with Crippen LogP contribution in [0.1, 0.15) is 16.4 Å². The zero-order valence-corrected chi connectivity index (χ0v) is 10.9. The van der Waals surface area contributed by atoms with Crippen LogP contribution in [0.4, 0.5) is 4.39 Å². The third-order valence-corrected chi connectivity index (χ3v) is 3.05. The fraction of sp³-hybridized carbons (Fsp3) is 0.0714. The highest BCUT2D eigenvalue weighted by atomic mass is 19.1. The number of rotatable bonds is 3. The number of benzene rings is 1. The van der Waals surface area contributed by atoms with Crippen molar-refractivity contribution in [1.29, 1.82) is 0 Å². The van der Waals surface area contributed by atoms with Gasteiger partial charge >= 0.3 is 5.97 Å². The highest BCUT2D eigenvalue weighted by Gasteiger charge is 2.14. The number of imidazole rings is 1. The first-order chi connectivity index (χ1) is 10.1. The maximum absolute atomic E-state index is 14.2. The Bertz CT molecular complexity index is 822. The van der Waals surface area contributed by atoms with Crippen molar-refractivity contribution in [3.63, 3.8) is 0 Å². The standard InChI is InChI=1S/C14H10FN3O3/c1-8-16-4-5-18(8)12-3-2-9(6-10(12)15)11-7-13(14(19)20)21-17-11/h2-7H,1H3,(H,19,20). The molecule has 7 heteroatoms. The molecule has 2 heterocycles. The average molecular weight is 287 g/mol. The van der Waals surface area contributed by atoms with E-state index < -0.39 is 11.8 Å². The van der Waals surface area contributed by atoms with Gasteiger partial charge in [0.1, 0.15) is 17.3 Å². The van der Waals surface area contributed by atoms with Crippen molar-refractivity contribution in [1.82, 2.24) is 14.7 Å². The predicted molar refractivity (Wildman–Crippen MR) is 70.7 cm³/mol. The van der Waals surface area contributed by atoms with E-state index in [4.69, 9.17) is 5.11 Å². The second kappa shape index (κ2) is 4.86. The average Bonchev–Trinajstić information content (AvgIpc) is 3.07. The van der Waals surface area contributed by atoms with Crippen LogP contribution in [0.5, 0.6) is 0 Å². The molecule has 0 spiro atoms. The summed E-state index contributed by atoms with van der Waals surface area (Å²) in [6, 6.07) is 5.74. The van der Waals surface area contributed by atoms with Crippen LogP contribution in [0.3, 0.4) is 0 Å². The molecule has 0 amide bonds. The normalized spacial score (nSPS) is 10.8. The molecular formula is C14H10FN3O3. The van der Waals surface area contributed by atoms with Gasteiger partial charge in [0, 0.05) is 24.0 Å². The Hall–Kier alpha value is -2.96. The van der Waals surface area contributed by atoms with Crippen LogP contribution in [0.2, 0.25) is 0 Å². The van der Waals surface area contributed by atoms with E-state index in [1.807, 2.05) is 0 Å². The van der Waals surface area contributed by atoms with Crippen LogP contribution < -0.4 is 0 Å². The van der Waals surface area contributed by atoms with E-state index in [-0.39, 0.29) is 11.5 Å². The summed E-state index contributed by atoms with van der Waals surface area (Å²) in [4.78, 5) is 14.8. The van der Waals surface area contributed by atoms with Crippen LogP contribution in [-0.2, 0) is 0 Å². The minimum atomic E-state index is -1.22. The third-order valence-electron chi connectivity index (χ3n) is 3.05. The van der Waals surface area contributed by atoms with Gasteiger partial charge in [-0.2, -0.15) is 0 Å². The molecule has 0 aliphatic heterocycles. The number of halogens is 1. The second-order valence-electron chi connectivity index (χ2n) is 4.39. The molecule has 0 aliphatic rings. The Kier molecular flexibility index (Phi) is 3.02. The highest BCUT2D eigenvalue weighted by Crippen LogP contribution is 2.24. The quantitative estimate of drug-likeness (QED) is 0.801. The van der Waals surface area contributed by atoms with E-state index in [1.54, 1.807) is 36.0 Å². The van der Waals surface area contributed by atoms with Gasteiger partial charge in [0.05, 0.1) is 5.69 Å². The van der Waals surface area contributed by atoms with Gasteiger partial charge < -0.3 is 14.2 Å². The number of nitrogens with zero attached hydrogens (tertiary/aromatic N) is 3. The molecule has 3 aromatic rings. The van der Waals surface area contributed by atoms with Gasteiger partial charge in [0.25, 0.3) is 0 Å². The number of aromatic nitrogens is 3. The van der Waals surface area contributed by atoms with Crippen LogP contribution in [0, 0.1) is 12.7 Å². The number of carbonyl (C=O) groups is 1. The van der Waals surface area contributed by atoms with Gasteiger partial charge in [-0.05, 0) is 19.1 Å². The Labute approximate surface area is 118 Å². The van der Waals surface area contributed by atoms with Crippen molar-refractivity contribution in [2.24, 2.45) is 0 Å². The first-order valence-electron chi connectivity index (χ1n) is 6.06. The molecule has 21 heavy (non-hydrogen) atoms. The van der Waals surface area contributed by atoms with E-state index in [1.165, 1.54) is 12.1 Å². The molecule has 0 unspecified atom stereocenters. The molecule has 2 aromatic heterocycles. The molecule has 0 aliphatic carbocycles. The molecule has 106 valence electrons. The molecule has 0 radical (unpaired) electrons. The number of aryl methyl sites for hydroxylation is 1. The van der Waals surface area contributed by atoms with Gasteiger partial charge in [-0.3, -0.25) is 0 Å². The van der Waals surface area contributed by atoms with Crippen molar-refractivity contribution in [2.75, 3.05) is 0 Å². The van der Waals surface area contributed by atoms with Gasteiger partial charge in [0.15, 0.2) is 0 Å². The van der Waals surface area contributed by atoms with Crippen LogP contribution in [-0.4, -0.2) is 25.8 Å². The van der Waals surface area contributed by atoms with Gasteiger partial charge in [0.2, 0.25) is 5.76 Å². The van der Waals surface area contributed by atoms with Crippen molar-refractivity contribution < 1.29 is 18.8 Å². The van der Waals surface area contributed by atoms with Crippen LogP contribution in [0.25, 0.3) is 16.9 Å². The minimum Gasteiger partial charge on any atom is -0.475 e. The summed E-state index contributed by atoms with van der Waals surface area (Å²) in [6.45, 7) is 1.77. The zero-order valence-electron chi connectivity index (χ0n) is 10.9. The largest absolute Gasteiger partial charge is 0.475 e. The molecule has 0 saturated heterocycles. The topological polar surface area (TPSA) is 81.2 Å². The summed E-state index contributed by atoms with van der Waals surface area (Å²) in [5.74, 6) is -1.32. The number of aromatic carboxylic acids is 1. The molecule has 3 rings (SSSR count). The number of hydrogen-bond acceptors (Lipinski definition) is 4. The summed E-state index contributed by atoms with van der Waals surface area (Å²) >= 11 is 0. The third kappa shape index (κ3) is 2.29. The maximum atomic E-state index is 14.2. The molecule has 0 fully saturated rings. The fourth-order valence-electron chi connectivity index (χ4n) is 2.01. The maximum Gasteiger partial charge on any atom is 0.374 e. The zero-order chi connectivity index (χ0) is 15.0. The van der Waals surface area contributed by atoms with Crippen LogP contribution >= 0.6 is 0 Å². The van der Waals surface area contributed by atoms with E-state index >= 15 is 0 Å². The number of hydrogen-bond donors (Lipinski definition) is 1. The van der Waals surface area contributed by atoms with Gasteiger partial charge in [-0.25, -0.2) is 14.2 Å². The van der Waals surface area contributed by atoms with Gasteiger partial charge in [-0.15, -0.1) is 0 Å². The number of carboxylic acids is 1. The van der Waals surface area contributed by atoms with Crippen molar-refractivity contribution in [3.05, 3.63) is 54.1 Å². The lowest BCUT2D eigenvalue weighted by Gasteiger charge is -2.07. The second-order valence-corrected chi connectivity index (χ2v) is 4.39. The van der Waals surface area contributed by atoms with E-state index in [0.29, 0.717) is 17.1 Å².